The molecule has 0 aliphatic heterocycles. The van der Waals surface area contributed by atoms with Crippen LogP contribution in [0.3, 0.4) is 0 Å². The summed E-state index contributed by atoms with van der Waals surface area (Å²) >= 11 is 6.26. The Morgan fingerprint density at radius 1 is 1.29 bits per heavy atom. The number of allylic oxidation sites excluding steroid dienone is 2. The van der Waals surface area contributed by atoms with E-state index in [1.165, 1.54) is 0 Å². The topological polar surface area (TPSA) is 43.4 Å². The van der Waals surface area contributed by atoms with Crippen molar-refractivity contribution in [3.05, 3.63) is 40.4 Å². The molecule has 0 N–H and O–H groups in total. The Bertz CT molecular complexity index is 631. The van der Waals surface area contributed by atoms with Crippen molar-refractivity contribution in [3.8, 4) is 5.75 Å². The van der Waals surface area contributed by atoms with Gasteiger partial charge in [0.05, 0.1) is 14.1 Å². The standard InChI is InChI=1S/C15H20BClO3S/c1-15(2,3)12-9-11(7-5-6-8-16)14(10-13(12)17)20-21(4,18)19/h5-6,9-10H,7-8H2,1-4H3/b6-5+. The summed E-state index contributed by atoms with van der Waals surface area (Å²) in [6, 6.07) is 3.46. The maximum atomic E-state index is 11.4. The summed E-state index contributed by atoms with van der Waals surface area (Å²) in [6.45, 7) is 6.14. The molecule has 0 fully saturated rings. The molecule has 1 aromatic carbocycles. The van der Waals surface area contributed by atoms with E-state index in [4.69, 9.17) is 23.6 Å². The summed E-state index contributed by atoms with van der Waals surface area (Å²) in [7, 11) is 1.82. The SMILES string of the molecule is [B]C/C=C/Cc1cc(C(C)(C)C)c(Cl)cc1OS(C)(=O)=O. The molecule has 114 valence electrons. The third-order valence-electron chi connectivity index (χ3n) is 2.84. The van der Waals surface area contributed by atoms with Gasteiger partial charge in [-0.05, 0) is 23.5 Å². The zero-order chi connectivity index (χ0) is 16.3. The summed E-state index contributed by atoms with van der Waals surface area (Å²) in [6.07, 6.45) is 5.67. The zero-order valence-electron chi connectivity index (χ0n) is 12.8. The predicted molar refractivity (Wildman–Crippen MR) is 89.0 cm³/mol. The van der Waals surface area contributed by atoms with E-state index in [1.54, 1.807) is 6.07 Å². The molecule has 0 aliphatic rings. The number of hydrogen-bond acceptors (Lipinski definition) is 3. The van der Waals surface area contributed by atoms with Gasteiger partial charge in [0.15, 0.2) is 0 Å². The van der Waals surface area contributed by atoms with Crippen LogP contribution in [0.25, 0.3) is 0 Å². The summed E-state index contributed by atoms with van der Waals surface area (Å²) in [5.74, 6) is 0.261. The summed E-state index contributed by atoms with van der Waals surface area (Å²) in [5, 5.41) is 0.493. The van der Waals surface area contributed by atoms with Gasteiger partial charge in [-0.15, -0.1) is 0 Å². The molecule has 3 nitrogen and oxygen atoms in total. The molecule has 0 saturated heterocycles. The van der Waals surface area contributed by atoms with Crippen LogP contribution in [0.2, 0.25) is 11.3 Å². The first-order valence-electron chi connectivity index (χ1n) is 6.62. The second-order valence-corrected chi connectivity index (χ2v) is 7.87. The van der Waals surface area contributed by atoms with Gasteiger partial charge >= 0.3 is 10.1 Å². The van der Waals surface area contributed by atoms with E-state index >= 15 is 0 Å². The lowest BCUT2D eigenvalue weighted by molar-refractivity contribution is 0.489. The lowest BCUT2D eigenvalue weighted by Gasteiger charge is -2.22. The highest BCUT2D eigenvalue weighted by atomic mass is 35.5. The average Bonchev–Trinajstić information content (AvgIpc) is 2.28. The molecule has 1 aromatic rings. The molecular formula is C15H20BClO3S. The minimum Gasteiger partial charge on any atom is -0.382 e. The minimum absolute atomic E-state index is 0.146. The van der Waals surface area contributed by atoms with Crippen molar-refractivity contribution in [2.75, 3.05) is 6.26 Å². The predicted octanol–water partition coefficient (Wildman–Crippen LogP) is 3.66. The largest absolute Gasteiger partial charge is 0.382 e. The van der Waals surface area contributed by atoms with Crippen LogP contribution in [0.1, 0.15) is 31.9 Å². The van der Waals surface area contributed by atoms with Gasteiger partial charge in [-0.25, -0.2) is 0 Å². The molecule has 1 rings (SSSR count). The van der Waals surface area contributed by atoms with Gasteiger partial charge < -0.3 is 4.18 Å². The fraction of sp³-hybridized carbons (Fsp3) is 0.467. The second kappa shape index (κ2) is 6.88. The van der Waals surface area contributed by atoms with Crippen LogP contribution in [-0.2, 0) is 22.0 Å². The maximum Gasteiger partial charge on any atom is 0.306 e. The first-order chi connectivity index (χ1) is 9.54. The Labute approximate surface area is 133 Å². The molecule has 0 bridgehead atoms. The quantitative estimate of drug-likeness (QED) is 0.471. The van der Waals surface area contributed by atoms with E-state index in [-0.39, 0.29) is 11.2 Å². The number of rotatable bonds is 5. The lowest BCUT2D eigenvalue weighted by atomic mass is 9.85. The summed E-state index contributed by atoms with van der Waals surface area (Å²) in [4.78, 5) is 0. The minimum atomic E-state index is -3.60. The van der Waals surface area contributed by atoms with Crippen LogP contribution in [0, 0.1) is 0 Å². The van der Waals surface area contributed by atoms with Crippen molar-refractivity contribution >= 4 is 29.6 Å². The first-order valence-corrected chi connectivity index (χ1v) is 8.81. The second-order valence-electron chi connectivity index (χ2n) is 5.89. The van der Waals surface area contributed by atoms with Crippen LogP contribution in [0.15, 0.2) is 24.3 Å². The molecule has 0 spiro atoms. The first kappa shape index (κ1) is 18.1. The van der Waals surface area contributed by atoms with Crippen molar-refractivity contribution in [1.82, 2.24) is 0 Å². The van der Waals surface area contributed by atoms with Crippen LogP contribution in [0.4, 0.5) is 0 Å². The van der Waals surface area contributed by atoms with Crippen molar-refractivity contribution in [2.24, 2.45) is 0 Å². The molecule has 21 heavy (non-hydrogen) atoms. The molecule has 0 atom stereocenters. The van der Waals surface area contributed by atoms with Crippen molar-refractivity contribution in [2.45, 2.75) is 38.9 Å². The van der Waals surface area contributed by atoms with Gasteiger partial charge in [-0.1, -0.05) is 50.8 Å². The third-order valence-corrected chi connectivity index (χ3v) is 3.63. The normalized spacial score (nSPS) is 12.8. The highest BCUT2D eigenvalue weighted by Gasteiger charge is 2.21. The van der Waals surface area contributed by atoms with Crippen molar-refractivity contribution < 1.29 is 12.6 Å². The van der Waals surface area contributed by atoms with Gasteiger partial charge in [0.2, 0.25) is 0 Å². The monoisotopic (exact) mass is 326 g/mol. The molecule has 0 unspecified atom stereocenters. The summed E-state index contributed by atoms with van der Waals surface area (Å²) < 4.78 is 27.8. The van der Waals surface area contributed by atoms with Gasteiger partial charge in [-0.2, -0.15) is 8.42 Å². The Hall–Kier alpha value is -0.935. The van der Waals surface area contributed by atoms with E-state index < -0.39 is 10.1 Å². The fourth-order valence-corrected chi connectivity index (χ4v) is 2.80. The smallest absolute Gasteiger partial charge is 0.306 e. The molecular weight excluding hydrogens is 306 g/mol. The lowest BCUT2D eigenvalue weighted by Crippen LogP contribution is -2.14. The van der Waals surface area contributed by atoms with Crippen molar-refractivity contribution in [1.29, 1.82) is 0 Å². The van der Waals surface area contributed by atoms with Gasteiger partial charge in [-0.3, -0.25) is 0 Å². The molecule has 0 amide bonds. The van der Waals surface area contributed by atoms with Gasteiger partial charge in [0, 0.05) is 16.7 Å². The molecule has 0 aliphatic carbocycles. The zero-order valence-corrected chi connectivity index (χ0v) is 14.4. The van der Waals surface area contributed by atoms with Crippen LogP contribution in [0.5, 0.6) is 5.75 Å². The molecule has 0 heterocycles. The maximum absolute atomic E-state index is 11.4. The molecule has 0 saturated carbocycles. The Morgan fingerprint density at radius 3 is 2.38 bits per heavy atom. The van der Waals surface area contributed by atoms with Crippen LogP contribution >= 0.6 is 11.6 Å². The van der Waals surface area contributed by atoms with E-state index in [2.05, 4.69) is 0 Å². The summed E-state index contributed by atoms with van der Waals surface area (Å²) in [5.41, 5.74) is 1.56. The molecule has 6 heteroatoms. The van der Waals surface area contributed by atoms with Crippen LogP contribution in [-0.4, -0.2) is 22.5 Å². The van der Waals surface area contributed by atoms with Gasteiger partial charge in [0.1, 0.15) is 5.75 Å². The highest BCUT2D eigenvalue weighted by molar-refractivity contribution is 7.86. The van der Waals surface area contributed by atoms with Gasteiger partial charge in [0.25, 0.3) is 0 Å². The fourth-order valence-electron chi connectivity index (χ4n) is 1.88. The van der Waals surface area contributed by atoms with E-state index in [9.17, 15) is 8.42 Å². The third kappa shape index (κ3) is 5.75. The van der Waals surface area contributed by atoms with E-state index in [1.807, 2.05) is 39.0 Å². The van der Waals surface area contributed by atoms with Crippen LogP contribution < -0.4 is 4.18 Å². The van der Waals surface area contributed by atoms with E-state index in [0.29, 0.717) is 17.8 Å². The Balaban J connectivity index is 3.35. The van der Waals surface area contributed by atoms with E-state index in [0.717, 1.165) is 17.4 Å². The molecule has 2 radical (unpaired) electrons. The number of hydrogen-bond donors (Lipinski definition) is 0. The Morgan fingerprint density at radius 2 is 1.90 bits per heavy atom. The number of halogens is 1. The Kier molecular flexibility index (Phi) is 5.94. The average molecular weight is 327 g/mol. The number of benzene rings is 1. The highest BCUT2D eigenvalue weighted by Crippen LogP contribution is 2.35. The molecule has 0 aromatic heterocycles. The van der Waals surface area contributed by atoms with Crippen molar-refractivity contribution in [3.63, 3.8) is 0 Å².